The summed E-state index contributed by atoms with van der Waals surface area (Å²) in [5, 5.41) is 6.15. The van der Waals surface area contributed by atoms with Gasteiger partial charge < -0.3 is 15.4 Å². The van der Waals surface area contributed by atoms with Crippen LogP contribution in [-0.2, 0) is 4.74 Å². The van der Waals surface area contributed by atoms with Crippen LogP contribution in [0, 0.1) is 0 Å². The molecule has 0 aliphatic carbocycles. The van der Waals surface area contributed by atoms with Crippen molar-refractivity contribution in [2.45, 2.75) is 19.5 Å². The monoisotopic (exact) mass is 228 g/mol. The van der Waals surface area contributed by atoms with E-state index < -0.39 is 12.8 Å². The highest BCUT2D eigenvalue weighted by atomic mass is 19.4. The Morgan fingerprint density at radius 3 is 2.33 bits per heavy atom. The molecule has 0 aliphatic heterocycles. The van der Waals surface area contributed by atoms with Gasteiger partial charge in [-0.15, -0.1) is 0 Å². The van der Waals surface area contributed by atoms with Gasteiger partial charge in [0.2, 0.25) is 0 Å². The third-order valence-electron chi connectivity index (χ3n) is 1.65. The molecule has 0 unspecified atom stereocenters. The van der Waals surface area contributed by atoms with E-state index in [0.29, 0.717) is 6.54 Å². The maximum Gasteiger partial charge on any atom is 0.411 e. The summed E-state index contributed by atoms with van der Waals surface area (Å²) in [5.74, 6) is 0. The molecule has 0 saturated heterocycles. The lowest BCUT2D eigenvalue weighted by Gasteiger charge is -2.08. The Morgan fingerprint density at radius 2 is 1.73 bits per heavy atom. The number of alkyl halides is 3. The van der Waals surface area contributed by atoms with Crippen molar-refractivity contribution in [3.8, 4) is 0 Å². The summed E-state index contributed by atoms with van der Waals surface area (Å²) in [6.45, 7) is 4.08. The van der Waals surface area contributed by atoms with Crippen LogP contribution in [0.15, 0.2) is 0 Å². The average Bonchev–Trinajstić information content (AvgIpc) is 2.14. The average molecular weight is 228 g/mol. The van der Waals surface area contributed by atoms with Crippen molar-refractivity contribution in [2.24, 2.45) is 0 Å². The van der Waals surface area contributed by atoms with Gasteiger partial charge in [-0.25, -0.2) is 0 Å². The zero-order chi connectivity index (χ0) is 11.6. The lowest BCUT2D eigenvalue weighted by molar-refractivity contribution is -0.173. The Morgan fingerprint density at radius 1 is 1.07 bits per heavy atom. The van der Waals surface area contributed by atoms with Crippen molar-refractivity contribution in [3.63, 3.8) is 0 Å². The molecule has 6 heteroatoms. The molecule has 2 N–H and O–H groups in total. The Balaban J connectivity index is 2.99. The molecule has 0 fully saturated rings. The SMILES string of the molecule is CCNCCCNCCOCC(F)(F)F. The molecule has 0 radical (unpaired) electrons. The summed E-state index contributed by atoms with van der Waals surface area (Å²) in [6, 6.07) is 0. The van der Waals surface area contributed by atoms with Gasteiger partial charge in [-0.2, -0.15) is 13.2 Å². The third-order valence-corrected chi connectivity index (χ3v) is 1.65. The second-order valence-electron chi connectivity index (χ2n) is 3.12. The van der Waals surface area contributed by atoms with E-state index >= 15 is 0 Å². The minimum Gasteiger partial charge on any atom is -0.371 e. The van der Waals surface area contributed by atoms with E-state index in [0.717, 1.165) is 26.1 Å². The van der Waals surface area contributed by atoms with Gasteiger partial charge in [0.1, 0.15) is 6.61 Å². The minimum atomic E-state index is -4.22. The summed E-state index contributed by atoms with van der Waals surface area (Å²) in [4.78, 5) is 0. The second kappa shape index (κ2) is 8.94. The molecule has 0 aliphatic rings. The van der Waals surface area contributed by atoms with E-state index in [1.165, 1.54) is 0 Å². The van der Waals surface area contributed by atoms with E-state index in [1.807, 2.05) is 6.92 Å². The van der Waals surface area contributed by atoms with Crippen molar-refractivity contribution in [1.82, 2.24) is 10.6 Å². The van der Waals surface area contributed by atoms with Crippen molar-refractivity contribution < 1.29 is 17.9 Å². The first kappa shape index (κ1) is 14.7. The Labute approximate surface area is 88.4 Å². The van der Waals surface area contributed by atoms with Crippen molar-refractivity contribution in [1.29, 1.82) is 0 Å². The molecule has 15 heavy (non-hydrogen) atoms. The molecule has 0 aromatic rings. The van der Waals surface area contributed by atoms with Gasteiger partial charge in [-0.05, 0) is 26.1 Å². The molecule has 0 saturated carbocycles. The topological polar surface area (TPSA) is 33.3 Å². The molecule has 0 aromatic heterocycles. The number of halogens is 3. The van der Waals surface area contributed by atoms with Crippen LogP contribution < -0.4 is 10.6 Å². The molecule has 0 amide bonds. The smallest absolute Gasteiger partial charge is 0.371 e. The summed E-state index contributed by atoms with van der Waals surface area (Å²) < 4.78 is 39.3. The van der Waals surface area contributed by atoms with Crippen molar-refractivity contribution in [2.75, 3.05) is 39.4 Å². The molecule has 0 atom stereocenters. The van der Waals surface area contributed by atoms with Crippen LogP contribution in [0.5, 0.6) is 0 Å². The van der Waals surface area contributed by atoms with E-state index in [-0.39, 0.29) is 6.61 Å². The molecule has 0 rings (SSSR count). The summed E-state index contributed by atoms with van der Waals surface area (Å²) in [6.07, 6.45) is -3.25. The van der Waals surface area contributed by atoms with Gasteiger partial charge >= 0.3 is 6.18 Å². The molecular formula is C9H19F3N2O. The first-order valence-corrected chi connectivity index (χ1v) is 5.12. The lowest BCUT2D eigenvalue weighted by atomic mass is 10.4. The zero-order valence-electron chi connectivity index (χ0n) is 8.99. The van der Waals surface area contributed by atoms with Crippen molar-refractivity contribution in [3.05, 3.63) is 0 Å². The Kier molecular flexibility index (Phi) is 8.74. The molecule has 3 nitrogen and oxygen atoms in total. The molecule has 0 heterocycles. The first-order chi connectivity index (χ1) is 7.06. The number of hydrogen-bond donors (Lipinski definition) is 2. The summed E-state index contributed by atoms with van der Waals surface area (Å²) in [5.41, 5.74) is 0. The Bertz CT molecular complexity index is 142. The van der Waals surface area contributed by atoms with E-state index in [2.05, 4.69) is 15.4 Å². The van der Waals surface area contributed by atoms with Gasteiger partial charge in [0, 0.05) is 6.54 Å². The number of ether oxygens (including phenoxy) is 1. The van der Waals surface area contributed by atoms with Crippen LogP contribution in [-0.4, -0.2) is 45.6 Å². The molecular weight excluding hydrogens is 209 g/mol. The first-order valence-electron chi connectivity index (χ1n) is 5.12. The van der Waals surface area contributed by atoms with Crippen LogP contribution in [0.2, 0.25) is 0 Å². The largest absolute Gasteiger partial charge is 0.411 e. The lowest BCUT2D eigenvalue weighted by Crippen LogP contribution is -2.26. The predicted molar refractivity (Wildman–Crippen MR) is 52.9 cm³/mol. The Hall–Kier alpha value is -0.330. The van der Waals surface area contributed by atoms with Crippen LogP contribution in [0.4, 0.5) is 13.2 Å². The normalized spacial score (nSPS) is 12.0. The number of nitrogens with one attached hydrogen (secondary N) is 2. The van der Waals surface area contributed by atoms with Crippen molar-refractivity contribution >= 4 is 0 Å². The predicted octanol–water partition coefficient (Wildman–Crippen LogP) is 1.15. The quantitative estimate of drug-likeness (QED) is 0.581. The van der Waals surface area contributed by atoms with E-state index in [9.17, 15) is 13.2 Å². The van der Waals surface area contributed by atoms with E-state index in [1.54, 1.807) is 0 Å². The minimum absolute atomic E-state index is 0.0979. The van der Waals surface area contributed by atoms with Crippen LogP contribution in [0.3, 0.4) is 0 Å². The highest BCUT2D eigenvalue weighted by molar-refractivity contribution is 4.51. The standard InChI is InChI=1S/C9H19F3N2O/c1-2-13-4-3-5-14-6-7-15-8-9(10,11)12/h13-14H,2-8H2,1H3. The van der Waals surface area contributed by atoms with Crippen LogP contribution in [0.1, 0.15) is 13.3 Å². The highest BCUT2D eigenvalue weighted by Crippen LogP contribution is 2.13. The summed E-state index contributed by atoms with van der Waals surface area (Å²) in [7, 11) is 0. The molecule has 0 spiro atoms. The molecule has 0 aromatic carbocycles. The third kappa shape index (κ3) is 13.7. The molecule has 0 bridgehead atoms. The highest BCUT2D eigenvalue weighted by Gasteiger charge is 2.26. The van der Waals surface area contributed by atoms with Crippen LogP contribution >= 0.6 is 0 Å². The fourth-order valence-corrected chi connectivity index (χ4v) is 0.972. The van der Waals surface area contributed by atoms with Crippen LogP contribution in [0.25, 0.3) is 0 Å². The number of hydrogen-bond acceptors (Lipinski definition) is 3. The van der Waals surface area contributed by atoms with Gasteiger partial charge in [0.05, 0.1) is 6.61 Å². The fourth-order valence-electron chi connectivity index (χ4n) is 0.972. The van der Waals surface area contributed by atoms with E-state index in [4.69, 9.17) is 0 Å². The second-order valence-corrected chi connectivity index (χ2v) is 3.12. The summed E-state index contributed by atoms with van der Waals surface area (Å²) >= 11 is 0. The maximum atomic E-state index is 11.6. The fraction of sp³-hybridized carbons (Fsp3) is 1.00. The zero-order valence-corrected chi connectivity index (χ0v) is 8.99. The maximum absolute atomic E-state index is 11.6. The number of rotatable bonds is 9. The van der Waals surface area contributed by atoms with Gasteiger partial charge in [0.15, 0.2) is 0 Å². The van der Waals surface area contributed by atoms with Gasteiger partial charge in [-0.3, -0.25) is 0 Å². The van der Waals surface area contributed by atoms with Gasteiger partial charge in [-0.1, -0.05) is 6.92 Å². The molecule has 92 valence electrons. The van der Waals surface area contributed by atoms with Gasteiger partial charge in [0.25, 0.3) is 0 Å².